The summed E-state index contributed by atoms with van der Waals surface area (Å²) >= 11 is 0. The van der Waals surface area contributed by atoms with E-state index in [-0.39, 0.29) is 17.6 Å². The van der Waals surface area contributed by atoms with Crippen LogP contribution in [0.5, 0.6) is 5.75 Å². The zero-order valence-corrected chi connectivity index (χ0v) is 14.5. The Morgan fingerprint density at radius 3 is 3.00 bits per heavy atom. The molecule has 0 radical (unpaired) electrons. The first-order valence-corrected chi connectivity index (χ1v) is 8.79. The minimum absolute atomic E-state index is 0.0742. The number of aromatic nitrogens is 1. The molecule has 1 aliphatic rings. The lowest BCUT2D eigenvalue weighted by molar-refractivity contribution is -0.150. The molecule has 0 bridgehead atoms. The number of likely N-dealkylation sites (tertiary alicyclic amines) is 1. The number of aromatic hydroxyl groups is 1. The molecule has 0 spiro atoms. The summed E-state index contributed by atoms with van der Waals surface area (Å²) in [4.78, 5) is 18.6. The van der Waals surface area contributed by atoms with Gasteiger partial charge in [0.25, 0.3) is 0 Å². The van der Waals surface area contributed by atoms with Crippen molar-refractivity contribution in [3.05, 3.63) is 48.2 Å². The molecule has 0 saturated carbocycles. The van der Waals surface area contributed by atoms with E-state index in [1.807, 2.05) is 37.3 Å². The van der Waals surface area contributed by atoms with Gasteiger partial charge in [-0.15, -0.1) is 0 Å². The number of carbonyl (C=O) groups is 1. The molecule has 5 nitrogen and oxygen atoms in total. The highest BCUT2D eigenvalue weighted by atomic mass is 16.5. The summed E-state index contributed by atoms with van der Waals surface area (Å²) in [5, 5.41) is 10.2. The number of hydrogen-bond donors (Lipinski definition) is 1. The number of benzene rings is 1. The third-order valence-electron chi connectivity index (χ3n) is 4.56. The van der Waals surface area contributed by atoms with Gasteiger partial charge in [0.1, 0.15) is 5.75 Å². The fraction of sp³-hybridized carbons (Fsp3) is 0.400. The molecule has 5 heteroatoms. The van der Waals surface area contributed by atoms with Gasteiger partial charge in [-0.05, 0) is 56.6 Å². The Hall–Kier alpha value is -2.40. The fourth-order valence-corrected chi connectivity index (χ4v) is 3.30. The van der Waals surface area contributed by atoms with E-state index < -0.39 is 0 Å². The predicted octanol–water partition coefficient (Wildman–Crippen LogP) is 3.23. The van der Waals surface area contributed by atoms with E-state index >= 15 is 0 Å². The van der Waals surface area contributed by atoms with Crippen molar-refractivity contribution in [2.75, 3.05) is 19.7 Å². The van der Waals surface area contributed by atoms with Crippen molar-refractivity contribution in [2.24, 2.45) is 5.92 Å². The average Bonchev–Trinajstić information content (AvgIpc) is 2.65. The molecule has 25 heavy (non-hydrogen) atoms. The summed E-state index contributed by atoms with van der Waals surface area (Å²) < 4.78 is 5.16. The van der Waals surface area contributed by atoms with Crippen LogP contribution in [0.3, 0.4) is 0 Å². The first kappa shape index (κ1) is 17.4. The van der Waals surface area contributed by atoms with E-state index in [1.54, 1.807) is 12.3 Å². The first-order valence-electron chi connectivity index (χ1n) is 8.79. The van der Waals surface area contributed by atoms with Gasteiger partial charge >= 0.3 is 5.97 Å². The van der Waals surface area contributed by atoms with Crippen LogP contribution in [0.2, 0.25) is 0 Å². The molecule has 1 fully saturated rings. The number of carbonyl (C=O) groups excluding carboxylic acids is 1. The van der Waals surface area contributed by atoms with E-state index in [0.717, 1.165) is 36.2 Å². The third-order valence-corrected chi connectivity index (χ3v) is 4.56. The van der Waals surface area contributed by atoms with Crippen LogP contribution in [0.4, 0.5) is 0 Å². The maximum absolute atomic E-state index is 12.0. The second-order valence-electron chi connectivity index (χ2n) is 6.38. The highest BCUT2D eigenvalue weighted by Gasteiger charge is 2.27. The molecule has 2 aromatic rings. The molecule has 1 N–H and O–H groups in total. The van der Waals surface area contributed by atoms with Crippen molar-refractivity contribution < 1.29 is 14.6 Å². The van der Waals surface area contributed by atoms with Crippen LogP contribution in [0, 0.1) is 5.92 Å². The number of nitrogens with zero attached hydrogens (tertiary/aromatic N) is 2. The topological polar surface area (TPSA) is 62.7 Å². The number of esters is 1. The molecule has 1 saturated heterocycles. The van der Waals surface area contributed by atoms with Gasteiger partial charge in [-0.25, -0.2) is 0 Å². The number of piperidine rings is 1. The SMILES string of the molecule is CCOC(=O)[C@H]1CCCN(Cc2cc(-c3ccccn3)ccc2O)C1. The largest absolute Gasteiger partial charge is 0.508 e. The minimum atomic E-state index is -0.112. The summed E-state index contributed by atoms with van der Waals surface area (Å²) in [5.74, 6) is 0.0893. The monoisotopic (exact) mass is 340 g/mol. The summed E-state index contributed by atoms with van der Waals surface area (Å²) in [6.45, 7) is 4.46. The zero-order valence-electron chi connectivity index (χ0n) is 14.5. The van der Waals surface area contributed by atoms with Crippen LogP contribution in [0.1, 0.15) is 25.3 Å². The van der Waals surface area contributed by atoms with Gasteiger partial charge in [0, 0.05) is 30.4 Å². The van der Waals surface area contributed by atoms with Gasteiger partial charge in [-0.1, -0.05) is 6.07 Å². The average molecular weight is 340 g/mol. The molecular weight excluding hydrogens is 316 g/mol. The summed E-state index contributed by atoms with van der Waals surface area (Å²) in [5.41, 5.74) is 2.71. The number of ether oxygens (including phenoxy) is 1. The second kappa shape index (κ2) is 8.12. The molecule has 1 aromatic heterocycles. The van der Waals surface area contributed by atoms with Gasteiger partial charge < -0.3 is 9.84 Å². The molecule has 0 aliphatic carbocycles. The standard InChI is InChI=1S/C20H24N2O3/c1-2-25-20(24)16-6-5-11-22(13-16)14-17-12-15(8-9-19(17)23)18-7-3-4-10-21-18/h3-4,7-10,12,16,23H,2,5-6,11,13-14H2,1H3/t16-/m0/s1. The molecule has 3 rings (SSSR count). The van der Waals surface area contributed by atoms with Crippen molar-refractivity contribution >= 4 is 5.97 Å². The van der Waals surface area contributed by atoms with E-state index in [0.29, 0.717) is 19.7 Å². The van der Waals surface area contributed by atoms with Crippen LogP contribution in [0.25, 0.3) is 11.3 Å². The lowest BCUT2D eigenvalue weighted by atomic mass is 9.97. The Balaban J connectivity index is 1.73. The Labute approximate surface area is 148 Å². The van der Waals surface area contributed by atoms with Gasteiger partial charge in [-0.2, -0.15) is 0 Å². The van der Waals surface area contributed by atoms with E-state index in [9.17, 15) is 9.90 Å². The number of phenolic OH excluding ortho intramolecular Hbond substituents is 1. The van der Waals surface area contributed by atoms with Crippen molar-refractivity contribution in [3.63, 3.8) is 0 Å². The van der Waals surface area contributed by atoms with Gasteiger partial charge in [0.15, 0.2) is 0 Å². The lowest BCUT2D eigenvalue weighted by Gasteiger charge is -2.31. The third kappa shape index (κ3) is 4.37. The van der Waals surface area contributed by atoms with Crippen molar-refractivity contribution in [1.29, 1.82) is 0 Å². The number of hydrogen-bond acceptors (Lipinski definition) is 5. The van der Waals surface area contributed by atoms with Crippen LogP contribution in [-0.2, 0) is 16.1 Å². The maximum Gasteiger partial charge on any atom is 0.310 e. The van der Waals surface area contributed by atoms with Crippen LogP contribution < -0.4 is 0 Å². The maximum atomic E-state index is 12.0. The van der Waals surface area contributed by atoms with Crippen LogP contribution in [-0.4, -0.2) is 40.7 Å². The number of rotatable bonds is 5. The summed E-state index contributed by atoms with van der Waals surface area (Å²) in [7, 11) is 0. The highest BCUT2D eigenvalue weighted by molar-refractivity contribution is 5.72. The number of pyridine rings is 1. The Morgan fingerprint density at radius 2 is 2.24 bits per heavy atom. The van der Waals surface area contributed by atoms with Gasteiger partial charge in [0.05, 0.1) is 18.2 Å². The van der Waals surface area contributed by atoms with Gasteiger partial charge in [-0.3, -0.25) is 14.7 Å². The molecular formula is C20H24N2O3. The Morgan fingerprint density at radius 1 is 1.36 bits per heavy atom. The molecule has 0 unspecified atom stereocenters. The molecule has 1 aliphatic heterocycles. The zero-order chi connectivity index (χ0) is 17.6. The van der Waals surface area contributed by atoms with E-state index in [1.165, 1.54) is 0 Å². The summed E-state index contributed by atoms with van der Waals surface area (Å²) in [6.07, 6.45) is 3.59. The van der Waals surface area contributed by atoms with Gasteiger partial charge in [0.2, 0.25) is 0 Å². The minimum Gasteiger partial charge on any atom is -0.508 e. The van der Waals surface area contributed by atoms with Crippen molar-refractivity contribution in [2.45, 2.75) is 26.3 Å². The Kier molecular flexibility index (Phi) is 5.66. The Bertz CT molecular complexity index is 718. The van der Waals surface area contributed by atoms with E-state index in [2.05, 4.69) is 9.88 Å². The van der Waals surface area contributed by atoms with Crippen molar-refractivity contribution in [1.82, 2.24) is 9.88 Å². The first-order chi connectivity index (χ1) is 12.2. The molecule has 0 amide bonds. The normalized spacial score (nSPS) is 18.0. The quantitative estimate of drug-likeness (QED) is 0.847. The van der Waals surface area contributed by atoms with Crippen LogP contribution >= 0.6 is 0 Å². The second-order valence-corrected chi connectivity index (χ2v) is 6.38. The highest BCUT2D eigenvalue weighted by Crippen LogP contribution is 2.27. The molecule has 132 valence electrons. The molecule has 1 atom stereocenters. The van der Waals surface area contributed by atoms with Crippen LogP contribution in [0.15, 0.2) is 42.6 Å². The van der Waals surface area contributed by atoms with Crippen molar-refractivity contribution in [3.8, 4) is 17.0 Å². The molecule has 1 aromatic carbocycles. The lowest BCUT2D eigenvalue weighted by Crippen LogP contribution is -2.38. The smallest absolute Gasteiger partial charge is 0.310 e. The van der Waals surface area contributed by atoms with E-state index in [4.69, 9.17) is 4.74 Å². The predicted molar refractivity (Wildman–Crippen MR) is 96.0 cm³/mol. The fourth-order valence-electron chi connectivity index (χ4n) is 3.30. The number of phenols is 1. The summed E-state index contributed by atoms with van der Waals surface area (Å²) in [6, 6.07) is 11.3. The molecule has 2 heterocycles.